The van der Waals surface area contributed by atoms with Crippen molar-refractivity contribution < 1.29 is 14.6 Å². The Morgan fingerprint density at radius 1 is 1.39 bits per heavy atom. The van der Waals surface area contributed by atoms with E-state index in [1.165, 1.54) is 0 Å². The largest absolute Gasteiger partial charge is 0.489 e. The number of halogens is 2. The standard InChI is InChI=1S/C19H22Cl2N4O3/c20-15-4-1-5-16(18(15)21)28-12-14(26)9-24-19(27)13-3-2-8-25(11-13)17-10-22-6-7-23-17/h1,4-7,10,13-14,26H,2-3,8-9,11-12H2,(H,24,27). The average Bonchev–Trinajstić information content (AvgIpc) is 2.73. The van der Waals surface area contributed by atoms with E-state index in [4.69, 9.17) is 27.9 Å². The van der Waals surface area contributed by atoms with Crippen LogP contribution in [0.4, 0.5) is 5.82 Å². The molecule has 0 saturated carbocycles. The third-order valence-electron chi connectivity index (χ3n) is 4.53. The van der Waals surface area contributed by atoms with Crippen LogP contribution in [0.2, 0.25) is 10.0 Å². The number of hydrogen-bond acceptors (Lipinski definition) is 6. The summed E-state index contributed by atoms with van der Waals surface area (Å²) in [5, 5.41) is 13.6. The highest BCUT2D eigenvalue weighted by Crippen LogP contribution is 2.31. The zero-order valence-electron chi connectivity index (χ0n) is 15.2. The van der Waals surface area contributed by atoms with Crippen molar-refractivity contribution in [1.82, 2.24) is 15.3 Å². The Kier molecular flexibility index (Phi) is 7.30. The van der Waals surface area contributed by atoms with Crippen molar-refractivity contribution in [2.24, 2.45) is 5.92 Å². The maximum atomic E-state index is 12.5. The Bertz CT molecular complexity index is 794. The molecule has 1 amide bonds. The lowest BCUT2D eigenvalue weighted by molar-refractivity contribution is -0.125. The van der Waals surface area contributed by atoms with Gasteiger partial charge in [-0.3, -0.25) is 9.78 Å². The maximum Gasteiger partial charge on any atom is 0.224 e. The summed E-state index contributed by atoms with van der Waals surface area (Å²) >= 11 is 12.0. The molecule has 0 bridgehead atoms. The number of nitrogens with one attached hydrogen (secondary N) is 1. The molecule has 0 spiro atoms. The van der Waals surface area contributed by atoms with Gasteiger partial charge < -0.3 is 20.1 Å². The highest BCUT2D eigenvalue weighted by molar-refractivity contribution is 6.42. The number of nitrogens with zero attached hydrogens (tertiary/aromatic N) is 3. The van der Waals surface area contributed by atoms with Crippen LogP contribution in [-0.4, -0.2) is 53.3 Å². The molecule has 1 aliphatic heterocycles. The summed E-state index contributed by atoms with van der Waals surface area (Å²) in [4.78, 5) is 22.9. The Balaban J connectivity index is 1.45. The molecule has 0 radical (unpaired) electrons. The van der Waals surface area contributed by atoms with E-state index in [9.17, 15) is 9.90 Å². The molecule has 28 heavy (non-hydrogen) atoms. The molecule has 1 aliphatic rings. The number of carbonyl (C=O) groups excluding carboxylic acids is 1. The smallest absolute Gasteiger partial charge is 0.224 e. The first-order valence-electron chi connectivity index (χ1n) is 9.08. The van der Waals surface area contributed by atoms with E-state index in [1.807, 2.05) is 0 Å². The van der Waals surface area contributed by atoms with E-state index in [2.05, 4.69) is 20.2 Å². The first kappa shape index (κ1) is 20.6. The van der Waals surface area contributed by atoms with Gasteiger partial charge in [-0.25, -0.2) is 4.98 Å². The number of aromatic nitrogens is 2. The molecule has 9 heteroatoms. The van der Waals surface area contributed by atoms with Crippen LogP contribution in [0.1, 0.15) is 12.8 Å². The molecule has 7 nitrogen and oxygen atoms in total. The lowest BCUT2D eigenvalue weighted by Gasteiger charge is -2.32. The second-order valence-electron chi connectivity index (χ2n) is 6.61. The number of benzene rings is 1. The molecule has 150 valence electrons. The van der Waals surface area contributed by atoms with Crippen LogP contribution < -0.4 is 15.0 Å². The number of hydrogen-bond donors (Lipinski definition) is 2. The van der Waals surface area contributed by atoms with Gasteiger partial charge in [0.05, 0.1) is 17.1 Å². The van der Waals surface area contributed by atoms with Crippen molar-refractivity contribution in [1.29, 1.82) is 0 Å². The van der Waals surface area contributed by atoms with Gasteiger partial charge in [-0.2, -0.15) is 0 Å². The maximum absolute atomic E-state index is 12.5. The summed E-state index contributed by atoms with van der Waals surface area (Å²) < 4.78 is 5.49. The summed E-state index contributed by atoms with van der Waals surface area (Å²) in [6, 6.07) is 5.04. The van der Waals surface area contributed by atoms with Crippen LogP contribution in [0.15, 0.2) is 36.8 Å². The minimum atomic E-state index is -0.862. The quantitative estimate of drug-likeness (QED) is 0.709. The van der Waals surface area contributed by atoms with Gasteiger partial charge in [-0.1, -0.05) is 29.3 Å². The summed E-state index contributed by atoms with van der Waals surface area (Å²) in [6.45, 7) is 1.52. The Labute approximate surface area is 173 Å². The molecule has 3 rings (SSSR count). The normalized spacial score (nSPS) is 17.8. The summed E-state index contributed by atoms with van der Waals surface area (Å²) in [5.74, 6) is 0.915. The van der Waals surface area contributed by atoms with Gasteiger partial charge in [0.25, 0.3) is 0 Å². The molecule has 1 aromatic carbocycles. The molecule has 0 aliphatic carbocycles. The molecule has 1 aromatic heterocycles. The zero-order valence-corrected chi connectivity index (χ0v) is 16.7. The van der Waals surface area contributed by atoms with E-state index in [0.29, 0.717) is 22.3 Å². The zero-order chi connectivity index (χ0) is 19.9. The van der Waals surface area contributed by atoms with Crippen LogP contribution in [0.5, 0.6) is 5.75 Å². The highest BCUT2D eigenvalue weighted by atomic mass is 35.5. The Morgan fingerprint density at radius 2 is 2.25 bits per heavy atom. The number of aliphatic hydroxyl groups is 1. The summed E-state index contributed by atoms with van der Waals surface area (Å²) in [7, 11) is 0. The number of rotatable bonds is 7. The number of carbonyl (C=O) groups is 1. The van der Waals surface area contributed by atoms with Crippen molar-refractivity contribution in [3.05, 3.63) is 46.8 Å². The predicted octanol–water partition coefficient (Wildman–Crippen LogP) is 2.56. The Morgan fingerprint density at radius 3 is 3.04 bits per heavy atom. The second kappa shape index (κ2) is 9.91. The van der Waals surface area contributed by atoms with Gasteiger partial charge in [0.2, 0.25) is 5.91 Å². The third-order valence-corrected chi connectivity index (χ3v) is 5.33. The van der Waals surface area contributed by atoms with Crippen LogP contribution in [0.25, 0.3) is 0 Å². The molecule has 2 heterocycles. The van der Waals surface area contributed by atoms with E-state index >= 15 is 0 Å². The predicted molar refractivity (Wildman–Crippen MR) is 108 cm³/mol. The van der Waals surface area contributed by atoms with Gasteiger partial charge in [-0.05, 0) is 25.0 Å². The van der Waals surface area contributed by atoms with Crippen LogP contribution >= 0.6 is 23.2 Å². The number of aliphatic hydroxyl groups excluding tert-OH is 1. The third kappa shape index (κ3) is 5.47. The van der Waals surface area contributed by atoms with E-state index in [-0.39, 0.29) is 25.0 Å². The number of piperidine rings is 1. The molecular weight excluding hydrogens is 403 g/mol. The molecule has 1 fully saturated rings. The fourth-order valence-electron chi connectivity index (χ4n) is 3.06. The van der Waals surface area contributed by atoms with Crippen molar-refractivity contribution >= 4 is 34.9 Å². The van der Waals surface area contributed by atoms with Crippen LogP contribution in [-0.2, 0) is 4.79 Å². The van der Waals surface area contributed by atoms with Crippen LogP contribution in [0.3, 0.4) is 0 Å². The first-order chi connectivity index (χ1) is 13.5. The molecule has 2 atom stereocenters. The van der Waals surface area contributed by atoms with Crippen molar-refractivity contribution in [2.75, 3.05) is 31.1 Å². The molecular formula is C19H22Cl2N4O3. The monoisotopic (exact) mass is 424 g/mol. The average molecular weight is 425 g/mol. The van der Waals surface area contributed by atoms with Crippen molar-refractivity contribution in [2.45, 2.75) is 18.9 Å². The van der Waals surface area contributed by atoms with Crippen molar-refractivity contribution in [3.8, 4) is 5.75 Å². The number of ether oxygens (including phenoxy) is 1. The molecule has 2 aromatic rings. The minimum absolute atomic E-state index is 0.00324. The fraction of sp³-hybridized carbons (Fsp3) is 0.421. The van der Waals surface area contributed by atoms with E-state index < -0.39 is 6.10 Å². The minimum Gasteiger partial charge on any atom is -0.489 e. The second-order valence-corrected chi connectivity index (χ2v) is 7.40. The summed E-state index contributed by atoms with van der Waals surface area (Å²) in [5.41, 5.74) is 0. The van der Waals surface area contributed by atoms with E-state index in [0.717, 1.165) is 25.2 Å². The number of amides is 1. The lowest BCUT2D eigenvalue weighted by Crippen LogP contribution is -2.45. The van der Waals surface area contributed by atoms with Gasteiger partial charge in [0, 0.05) is 32.0 Å². The Hall–Kier alpha value is -2.09. The molecule has 2 N–H and O–H groups in total. The highest BCUT2D eigenvalue weighted by Gasteiger charge is 2.26. The van der Waals surface area contributed by atoms with Gasteiger partial charge in [0.15, 0.2) is 0 Å². The SMILES string of the molecule is O=C(NCC(O)COc1cccc(Cl)c1Cl)C1CCCN(c2cnccn2)C1. The topological polar surface area (TPSA) is 87.6 Å². The van der Waals surface area contributed by atoms with Crippen molar-refractivity contribution in [3.63, 3.8) is 0 Å². The fourth-order valence-corrected chi connectivity index (χ4v) is 3.40. The van der Waals surface area contributed by atoms with Gasteiger partial charge >= 0.3 is 0 Å². The van der Waals surface area contributed by atoms with Gasteiger partial charge in [-0.15, -0.1) is 0 Å². The van der Waals surface area contributed by atoms with Crippen LogP contribution in [0, 0.1) is 5.92 Å². The van der Waals surface area contributed by atoms with Gasteiger partial charge in [0.1, 0.15) is 29.3 Å². The molecule has 2 unspecified atom stereocenters. The summed E-state index contributed by atoms with van der Waals surface area (Å²) in [6.07, 6.45) is 5.79. The van der Waals surface area contributed by atoms with E-state index in [1.54, 1.807) is 36.8 Å². The molecule has 1 saturated heterocycles. The lowest BCUT2D eigenvalue weighted by atomic mass is 9.97. The first-order valence-corrected chi connectivity index (χ1v) is 9.83. The number of anilines is 1.